The van der Waals surface area contributed by atoms with Gasteiger partial charge in [-0.05, 0) is 44.4 Å². The maximum atomic E-state index is 15.4. The fraction of sp³-hybridized carbons (Fsp3) is 0.295. The van der Waals surface area contributed by atoms with Gasteiger partial charge in [-0.1, -0.05) is 17.7 Å². The van der Waals surface area contributed by atoms with Gasteiger partial charge in [0.15, 0.2) is 0 Å². The Hall–Kier alpha value is -6.07. The van der Waals surface area contributed by atoms with Crippen molar-refractivity contribution in [3.63, 3.8) is 0 Å². The molecule has 3 aromatic carbocycles. The molecule has 18 heteroatoms. The summed E-state index contributed by atoms with van der Waals surface area (Å²) < 4.78 is 103. The Bertz CT molecular complexity index is 2770. The summed E-state index contributed by atoms with van der Waals surface area (Å²) in [6.45, 7) is 6.43. The molecule has 3 aromatic heterocycles. The lowest BCUT2D eigenvalue weighted by molar-refractivity contribution is -0.117. The number of halogens is 8. The monoisotopic (exact) mass is 879 g/mol. The zero-order chi connectivity index (χ0) is 44.0. The number of hydrogen-bond donors (Lipinski definition) is 1. The van der Waals surface area contributed by atoms with Gasteiger partial charge in [-0.25, -0.2) is 45.7 Å². The maximum absolute atomic E-state index is 15.4. The zero-order valence-electron chi connectivity index (χ0n) is 33.3. The number of amides is 2. The minimum Gasteiger partial charge on any atom is -0.378 e. The van der Waals surface area contributed by atoms with Crippen molar-refractivity contribution in [3.8, 4) is 11.1 Å². The van der Waals surface area contributed by atoms with Crippen LogP contribution in [0.15, 0.2) is 54.7 Å². The van der Waals surface area contributed by atoms with E-state index in [4.69, 9.17) is 16.3 Å². The summed E-state index contributed by atoms with van der Waals surface area (Å²) >= 11 is 6.17. The normalized spacial score (nSPS) is 15.6. The topological polar surface area (TPSA) is 104 Å². The molecular weight excluding hydrogens is 843 g/mol. The van der Waals surface area contributed by atoms with E-state index in [1.165, 1.54) is 22.1 Å². The van der Waals surface area contributed by atoms with Crippen LogP contribution in [0.2, 0.25) is 5.02 Å². The average molecular weight is 880 g/mol. The van der Waals surface area contributed by atoms with Crippen molar-refractivity contribution < 1.29 is 45.1 Å². The third-order valence-electron chi connectivity index (χ3n) is 11.1. The van der Waals surface area contributed by atoms with E-state index >= 15 is 4.39 Å². The molecule has 0 saturated carbocycles. The number of pyridine rings is 3. The molecule has 3 saturated heterocycles. The fourth-order valence-corrected chi connectivity index (χ4v) is 8.19. The van der Waals surface area contributed by atoms with E-state index < -0.39 is 41.1 Å². The lowest BCUT2D eigenvalue weighted by atomic mass is 10.0. The quantitative estimate of drug-likeness (QED) is 0.158. The Labute approximate surface area is 355 Å². The van der Waals surface area contributed by atoms with Gasteiger partial charge in [-0.15, -0.1) is 0 Å². The number of alkyl halides is 2. The van der Waals surface area contributed by atoms with Crippen LogP contribution in [0, 0.1) is 42.9 Å². The van der Waals surface area contributed by atoms with Crippen molar-refractivity contribution in [2.75, 3.05) is 59.4 Å². The van der Waals surface area contributed by atoms with Crippen molar-refractivity contribution in [3.05, 3.63) is 106 Å². The third-order valence-corrected chi connectivity index (χ3v) is 11.5. The zero-order valence-corrected chi connectivity index (χ0v) is 34.0. The summed E-state index contributed by atoms with van der Waals surface area (Å²) in [6.07, 6.45) is 0.650. The van der Waals surface area contributed by atoms with Crippen LogP contribution in [-0.2, 0) is 14.3 Å². The van der Waals surface area contributed by atoms with Crippen LogP contribution in [-0.4, -0.2) is 66.2 Å². The van der Waals surface area contributed by atoms with Crippen LogP contribution in [0.1, 0.15) is 48.8 Å². The van der Waals surface area contributed by atoms with Gasteiger partial charge in [0.25, 0.3) is 6.43 Å². The number of hydrogen-bond acceptors (Lipinski definition) is 8. The predicted octanol–water partition coefficient (Wildman–Crippen LogP) is 10.3. The summed E-state index contributed by atoms with van der Waals surface area (Å²) in [6, 6.07) is 8.82. The number of carbonyl (C=O) groups excluding carboxylic acids is 2. The van der Waals surface area contributed by atoms with Gasteiger partial charge < -0.3 is 15.0 Å². The number of benzene rings is 3. The Morgan fingerprint density at radius 3 is 1.87 bits per heavy atom. The lowest BCUT2D eigenvalue weighted by Gasteiger charge is -2.29. The molecule has 0 atom stereocenters. The average Bonchev–Trinajstić information content (AvgIpc) is 3.87. The van der Waals surface area contributed by atoms with E-state index in [0.29, 0.717) is 92.7 Å². The third kappa shape index (κ3) is 8.18. The highest BCUT2D eigenvalue weighted by Gasteiger charge is 2.29. The summed E-state index contributed by atoms with van der Waals surface area (Å²) in [5, 5.41) is 3.50. The second-order valence-electron chi connectivity index (χ2n) is 15.0. The summed E-state index contributed by atoms with van der Waals surface area (Å²) in [5.74, 6) is -3.22. The summed E-state index contributed by atoms with van der Waals surface area (Å²) in [5.41, 5.74) is 1.59. The molecule has 10 nitrogen and oxygen atoms in total. The first-order valence-electron chi connectivity index (χ1n) is 19.7. The Balaban J connectivity index is 0.000000220. The first-order chi connectivity index (χ1) is 29.7. The van der Waals surface area contributed by atoms with Gasteiger partial charge in [0.2, 0.25) is 11.8 Å². The molecule has 62 heavy (non-hydrogen) atoms. The SMILES string of the molecule is Cc1c(N2CCCC2=O)nc2cc(F)cc(F)c2c1Cl.Cc1c(N2CCCC2=O)nc2cc(F)cc(F)c2c1Nc1cc(N2CCOCC2)ncc1-c1ccc(C(F)F)c(F)c1. The number of carbonyl (C=O) groups is 2. The van der Waals surface area contributed by atoms with E-state index in [1.807, 2.05) is 4.90 Å². The first kappa shape index (κ1) is 42.6. The van der Waals surface area contributed by atoms with E-state index in [-0.39, 0.29) is 55.7 Å². The highest BCUT2D eigenvalue weighted by atomic mass is 35.5. The van der Waals surface area contributed by atoms with Crippen molar-refractivity contribution in [1.82, 2.24) is 15.0 Å². The number of rotatable bonds is 7. The van der Waals surface area contributed by atoms with Crippen molar-refractivity contribution in [2.45, 2.75) is 46.0 Å². The van der Waals surface area contributed by atoms with Gasteiger partial charge >= 0.3 is 0 Å². The smallest absolute Gasteiger partial charge is 0.266 e. The molecule has 9 rings (SSSR count). The molecule has 0 radical (unpaired) electrons. The lowest BCUT2D eigenvalue weighted by Crippen LogP contribution is -2.36. The second-order valence-corrected chi connectivity index (χ2v) is 15.4. The Kier molecular flexibility index (Phi) is 11.9. The molecule has 0 bridgehead atoms. The molecule has 322 valence electrons. The standard InChI is InChI=1S/C30H26F5N5O2.C14H11ClF2N2O/c1-16-28(27-22(33)12-18(31)13-24(27)38-30(16)40-6-2-3-26(40)41)37-23-14-25(39-7-9-42-10-8-39)36-15-20(23)17-4-5-19(29(34)35)21(32)11-17;1-7-13(15)12-9(17)5-8(16)6-10(12)18-14(7)19-4-2-3-11(19)20/h4-5,11-15,29H,2-3,6-10H2,1H3,(H,36,37,38);5-6H,2-4H2,1H3. The minimum absolute atomic E-state index is 0.000732. The van der Waals surface area contributed by atoms with Gasteiger partial charge in [0, 0.05) is 92.2 Å². The highest BCUT2D eigenvalue weighted by molar-refractivity contribution is 6.36. The number of morpholine rings is 1. The molecule has 3 fully saturated rings. The number of nitrogens with zero attached hydrogens (tertiary/aromatic N) is 6. The van der Waals surface area contributed by atoms with Crippen LogP contribution in [0.4, 0.5) is 59.6 Å². The molecular formula is C44H37ClF7N7O3. The minimum atomic E-state index is -2.99. The van der Waals surface area contributed by atoms with E-state index in [0.717, 1.165) is 42.8 Å². The number of anilines is 5. The largest absolute Gasteiger partial charge is 0.378 e. The van der Waals surface area contributed by atoms with Crippen molar-refractivity contribution in [2.24, 2.45) is 0 Å². The molecule has 6 aromatic rings. The molecule has 1 N–H and O–H groups in total. The Morgan fingerprint density at radius 2 is 1.31 bits per heavy atom. The second kappa shape index (κ2) is 17.4. The highest BCUT2D eigenvalue weighted by Crippen LogP contribution is 2.41. The maximum Gasteiger partial charge on any atom is 0.266 e. The van der Waals surface area contributed by atoms with Gasteiger partial charge in [0.05, 0.1) is 57.0 Å². The number of nitrogens with one attached hydrogen (secondary N) is 1. The van der Waals surface area contributed by atoms with Crippen LogP contribution in [0.25, 0.3) is 32.9 Å². The van der Waals surface area contributed by atoms with Gasteiger partial charge in [-0.2, -0.15) is 0 Å². The molecule has 0 aliphatic carbocycles. The Morgan fingerprint density at radius 1 is 0.726 bits per heavy atom. The van der Waals surface area contributed by atoms with E-state index in [2.05, 4.69) is 20.3 Å². The summed E-state index contributed by atoms with van der Waals surface area (Å²) in [7, 11) is 0. The number of fused-ring (bicyclic) bond motifs is 2. The van der Waals surface area contributed by atoms with Crippen molar-refractivity contribution >= 4 is 74.0 Å². The molecule has 2 amide bonds. The first-order valence-corrected chi connectivity index (χ1v) is 20.1. The van der Waals surface area contributed by atoms with Crippen LogP contribution in [0.3, 0.4) is 0 Å². The van der Waals surface area contributed by atoms with Crippen LogP contribution >= 0.6 is 11.6 Å². The molecule has 0 spiro atoms. The number of ether oxygens (including phenoxy) is 1. The van der Waals surface area contributed by atoms with Crippen LogP contribution < -0.4 is 20.0 Å². The molecule has 0 unspecified atom stereocenters. The molecule has 6 heterocycles. The fourth-order valence-electron chi connectivity index (χ4n) is 7.92. The van der Waals surface area contributed by atoms with E-state index in [1.54, 1.807) is 19.9 Å². The molecule has 3 aliphatic rings. The molecule has 3 aliphatic heterocycles. The van der Waals surface area contributed by atoms with Crippen LogP contribution in [0.5, 0.6) is 0 Å². The van der Waals surface area contributed by atoms with E-state index in [9.17, 15) is 35.9 Å². The van der Waals surface area contributed by atoms with Gasteiger partial charge in [-0.3, -0.25) is 19.4 Å². The number of aromatic nitrogens is 3. The van der Waals surface area contributed by atoms with Crippen molar-refractivity contribution in [1.29, 1.82) is 0 Å². The van der Waals surface area contributed by atoms with Gasteiger partial charge in [0.1, 0.15) is 46.5 Å². The summed E-state index contributed by atoms with van der Waals surface area (Å²) in [4.78, 5) is 42.7. The predicted molar refractivity (Wildman–Crippen MR) is 222 cm³/mol.